The Hall–Kier alpha value is -0.690. The largest absolute Gasteiger partial charge is 0.457 e. The van der Waals surface area contributed by atoms with Crippen LogP contribution in [0.15, 0.2) is 0 Å². The predicted molar refractivity (Wildman–Crippen MR) is 58.8 cm³/mol. The maximum absolute atomic E-state index is 11.1. The minimum absolute atomic E-state index is 0.252. The second-order valence-electron chi connectivity index (χ2n) is 3.88. The van der Waals surface area contributed by atoms with Gasteiger partial charge in [-0.25, -0.2) is 0 Å². The van der Waals surface area contributed by atoms with E-state index < -0.39 is 6.10 Å². The summed E-state index contributed by atoms with van der Waals surface area (Å²) in [6.07, 6.45) is -1.45. The van der Waals surface area contributed by atoms with E-state index in [4.69, 9.17) is 23.7 Å². The van der Waals surface area contributed by atoms with Crippen molar-refractivity contribution in [2.75, 3.05) is 34.5 Å². The molecule has 0 bridgehead atoms. The molecular formula is C11H20O6. The molecule has 0 saturated carbocycles. The van der Waals surface area contributed by atoms with Crippen LogP contribution < -0.4 is 0 Å². The van der Waals surface area contributed by atoms with Crippen LogP contribution in [0.2, 0.25) is 0 Å². The molecule has 0 aromatic heterocycles. The highest BCUT2D eigenvalue weighted by Crippen LogP contribution is 2.23. The zero-order valence-electron chi connectivity index (χ0n) is 10.7. The van der Waals surface area contributed by atoms with Crippen LogP contribution in [0, 0.1) is 0 Å². The summed E-state index contributed by atoms with van der Waals surface area (Å²) >= 11 is 0. The first-order chi connectivity index (χ1) is 8.13. The van der Waals surface area contributed by atoms with Gasteiger partial charge in [0, 0.05) is 28.3 Å². The lowest BCUT2D eigenvalue weighted by atomic mass is 10.00. The molecule has 1 fully saturated rings. The fraction of sp³-hybridized carbons (Fsp3) is 0.909. The summed E-state index contributed by atoms with van der Waals surface area (Å²) in [5.74, 6) is -0.376. The third-order valence-corrected chi connectivity index (χ3v) is 2.74. The van der Waals surface area contributed by atoms with Crippen LogP contribution in [0.25, 0.3) is 0 Å². The highest BCUT2D eigenvalue weighted by molar-refractivity contribution is 5.66. The van der Waals surface area contributed by atoms with Crippen molar-refractivity contribution in [2.24, 2.45) is 0 Å². The van der Waals surface area contributed by atoms with Gasteiger partial charge in [0.1, 0.15) is 18.3 Å². The Bertz CT molecular complexity index is 244. The van der Waals surface area contributed by atoms with Crippen LogP contribution in [0.3, 0.4) is 0 Å². The zero-order valence-corrected chi connectivity index (χ0v) is 10.7. The van der Waals surface area contributed by atoms with Crippen molar-refractivity contribution < 1.29 is 28.5 Å². The molecule has 0 aromatic rings. The number of methoxy groups -OCH3 is 3. The van der Waals surface area contributed by atoms with Crippen molar-refractivity contribution in [3.63, 3.8) is 0 Å². The smallest absolute Gasteiger partial charge is 0.303 e. The number of ether oxygens (including phenoxy) is 5. The Balaban J connectivity index is 2.77. The second kappa shape index (κ2) is 6.90. The van der Waals surface area contributed by atoms with Crippen molar-refractivity contribution in [1.29, 1.82) is 0 Å². The third-order valence-electron chi connectivity index (χ3n) is 2.74. The Labute approximate surface area is 101 Å². The van der Waals surface area contributed by atoms with Gasteiger partial charge in [-0.05, 0) is 0 Å². The highest BCUT2D eigenvalue weighted by Gasteiger charge is 2.43. The zero-order chi connectivity index (χ0) is 12.8. The topological polar surface area (TPSA) is 63.2 Å². The summed E-state index contributed by atoms with van der Waals surface area (Å²) in [6.45, 7) is 2.09. The lowest BCUT2D eigenvalue weighted by Gasteiger charge is -2.40. The average Bonchev–Trinajstić information content (AvgIpc) is 2.30. The van der Waals surface area contributed by atoms with Gasteiger partial charge in [0.15, 0.2) is 6.10 Å². The first-order valence-electron chi connectivity index (χ1n) is 5.47. The summed E-state index contributed by atoms with van der Waals surface area (Å²) in [6, 6.07) is 0. The third kappa shape index (κ3) is 3.64. The molecule has 0 amide bonds. The van der Waals surface area contributed by atoms with E-state index in [0.29, 0.717) is 13.2 Å². The quantitative estimate of drug-likeness (QED) is 0.638. The van der Waals surface area contributed by atoms with Crippen LogP contribution in [0.1, 0.15) is 6.92 Å². The SMILES string of the molecule is COC[C@@H]1OC[C@H](OC)[C@@H](OC)[C@H]1OC(C)=O. The molecule has 1 rings (SSSR count). The van der Waals surface area contributed by atoms with Crippen LogP contribution in [0.4, 0.5) is 0 Å². The minimum Gasteiger partial charge on any atom is -0.457 e. The van der Waals surface area contributed by atoms with E-state index in [1.165, 1.54) is 6.92 Å². The molecule has 0 unspecified atom stereocenters. The van der Waals surface area contributed by atoms with E-state index in [2.05, 4.69) is 0 Å². The monoisotopic (exact) mass is 248 g/mol. The van der Waals surface area contributed by atoms with Crippen molar-refractivity contribution >= 4 is 5.97 Å². The Morgan fingerprint density at radius 1 is 1.24 bits per heavy atom. The molecule has 1 aliphatic rings. The van der Waals surface area contributed by atoms with Crippen LogP contribution >= 0.6 is 0 Å². The molecular weight excluding hydrogens is 228 g/mol. The van der Waals surface area contributed by atoms with Crippen molar-refractivity contribution in [2.45, 2.75) is 31.3 Å². The number of esters is 1. The Morgan fingerprint density at radius 3 is 2.41 bits per heavy atom. The van der Waals surface area contributed by atoms with Crippen molar-refractivity contribution in [1.82, 2.24) is 0 Å². The van der Waals surface area contributed by atoms with Crippen LogP contribution in [0.5, 0.6) is 0 Å². The Kier molecular flexibility index (Phi) is 5.84. The van der Waals surface area contributed by atoms with Gasteiger partial charge in [0.25, 0.3) is 0 Å². The molecule has 0 N–H and O–H groups in total. The first kappa shape index (κ1) is 14.4. The van der Waals surface area contributed by atoms with Crippen molar-refractivity contribution in [3.05, 3.63) is 0 Å². The van der Waals surface area contributed by atoms with Crippen molar-refractivity contribution in [3.8, 4) is 0 Å². The number of hydrogen-bond acceptors (Lipinski definition) is 6. The molecule has 6 heteroatoms. The summed E-state index contributed by atoms with van der Waals surface area (Å²) < 4.78 is 26.4. The second-order valence-corrected chi connectivity index (χ2v) is 3.88. The molecule has 0 radical (unpaired) electrons. The van der Waals surface area contributed by atoms with E-state index in [1.54, 1.807) is 21.3 Å². The number of hydrogen-bond donors (Lipinski definition) is 0. The highest BCUT2D eigenvalue weighted by atomic mass is 16.6. The van der Waals surface area contributed by atoms with E-state index in [0.717, 1.165) is 0 Å². The maximum atomic E-state index is 11.1. The van der Waals surface area contributed by atoms with Gasteiger partial charge in [-0.1, -0.05) is 0 Å². The summed E-state index contributed by atoms with van der Waals surface area (Å²) in [5.41, 5.74) is 0. The summed E-state index contributed by atoms with van der Waals surface area (Å²) in [7, 11) is 4.70. The standard InChI is InChI=1S/C11H20O6/c1-7(12)17-11-9(5-13-2)16-6-8(14-3)10(11)15-4/h8-11H,5-6H2,1-4H3/t8-,9-,10+,11-/m0/s1. The van der Waals surface area contributed by atoms with Gasteiger partial charge in [-0.15, -0.1) is 0 Å². The fourth-order valence-electron chi connectivity index (χ4n) is 1.96. The number of rotatable bonds is 5. The molecule has 6 nitrogen and oxygen atoms in total. The van der Waals surface area contributed by atoms with Gasteiger partial charge in [-0.2, -0.15) is 0 Å². The Morgan fingerprint density at radius 2 is 1.94 bits per heavy atom. The van der Waals surface area contributed by atoms with Gasteiger partial charge in [0.05, 0.1) is 13.2 Å². The lowest BCUT2D eigenvalue weighted by Crippen LogP contribution is -2.57. The van der Waals surface area contributed by atoms with Gasteiger partial charge in [-0.3, -0.25) is 4.79 Å². The molecule has 100 valence electrons. The predicted octanol–water partition coefficient (Wildman–Crippen LogP) is -0.00670. The molecule has 0 aromatic carbocycles. The molecule has 4 atom stereocenters. The molecule has 1 aliphatic heterocycles. The number of carbonyl (C=O) groups is 1. The van der Waals surface area contributed by atoms with E-state index in [-0.39, 0.29) is 24.3 Å². The van der Waals surface area contributed by atoms with E-state index >= 15 is 0 Å². The van der Waals surface area contributed by atoms with Crippen LogP contribution in [-0.2, 0) is 28.5 Å². The summed E-state index contributed by atoms with van der Waals surface area (Å²) in [4.78, 5) is 11.1. The molecule has 0 aliphatic carbocycles. The van der Waals surface area contributed by atoms with E-state index in [1.807, 2.05) is 0 Å². The normalized spacial score (nSPS) is 33.4. The first-order valence-corrected chi connectivity index (χ1v) is 5.47. The van der Waals surface area contributed by atoms with Gasteiger partial charge < -0.3 is 23.7 Å². The van der Waals surface area contributed by atoms with E-state index in [9.17, 15) is 4.79 Å². The minimum atomic E-state index is -0.517. The van der Waals surface area contributed by atoms with Gasteiger partial charge in [0.2, 0.25) is 0 Å². The lowest BCUT2D eigenvalue weighted by molar-refractivity contribution is -0.224. The fourth-order valence-corrected chi connectivity index (χ4v) is 1.96. The number of carbonyl (C=O) groups excluding carboxylic acids is 1. The molecule has 1 saturated heterocycles. The molecule has 0 spiro atoms. The average molecular weight is 248 g/mol. The molecule has 1 heterocycles. The van der Waals surface area contributed by atoms with Crippen LogP contribution in [-0.4, -0.2) is 64.9 Å². The maximum Gasteiger partial charge on any atom is 0.303 e. The summed E-state index contributed by atoms with van der Waals surface area (Å²) in [5, 5.41) is 0. The van der Waals surface area contributed by atoms with Gasteiger partial charge >= 0.3 is 5.97 Å². The molecule has 17 heavy (non-hydrogen) atoms.